The standard InChI is InChI=1S/C15H15N3O4/c19-14(20)13(8-12-6-7-16-10-17-12)18-15(21)22-9-11-4-2-1-3-5-11/h1-7,10,13H,8-9H2,(H,18,21)(H,19,20)/t13-/m1/s1. The van der Waals surface area contributed by atoms with Crippen molar-refractivity contribution in [1.82, 2.24) is 15.3 Å². The molecule has 1 amide bonds. The van der Waals surface area contributed by atoms with Crippen molar-refractivity contribution in [2.75, 3.05) is 0 Å². The summed E-state index contributed by atoms with van der Waals surface area (Å²) in [7, 11) is 0. The van der Waals surface area contributed by atoms with Gasteiger partial charge in [0.25, 0.3) is 0 Å². The second-order valence-electron chi connectivity index (χ2n) is 4.50. The third-order valence-corrected chi connectivity index (χ3v) is 2.86. The summed E-state index contributed by atoms with van der Waals surface area (Å²) in [6.45, 7) is 0.0759. The summed E-state index contributed by atoms with van der Waals surface area (Å²) in [4.78, 5) is 30.6. The molecule has 1 aromatic carbocycles. The first-order valence-corrected chi connectivity index (χ1v) is 6.60. The Labute approximate surface area is 127 Å². The van der Waals surface area contributed by atoms with E-state index in [0.29, 0.717) is 5.69 Å². The van der Waals surface area contributed by atoms with Crippen LogP contribution in [0.2, 0.25) is 0 Å². The highest BCUT2D eigenvalue weighted by Gasteiger charge is 2.21. The number of carboxylic acids is 1. The van der Waals surface area contributed by atoms with E-state index >= 15 is 0 Å². The second-order valence-corrected chi connectivity index (χ2v) is 4.50. The molecule has 2 rings (SSSR count). The predicted octanol–water partition coefficient (Wildman–Crippen LogP) is 1.40. The number of ether oxygens (including phenoxy) is 1. The van der Waals surface area contributed by atoms with Gasteiger partial charge >= 0.3 is 12.1 Å². The Morgan fingerprint density at radius 3 is 2.64 bits per heavy atom. The molecule has 0 aliphatic rings. The lowest BCUT2D eigenvalue weighted by molar-refractivity contribution is -0.139. The summed E-state index contributed by atoms with van der Waals surface area (Å²) < 4.78 is 5.00. The smallest absolute Gasteiger partial charge is 0.408 e. The Bertz CT molecular complexity index is 619. The van der Waals surface area contributed by atoms with Crippen LogP contribution in [0.4, 0.5) is 4.79 Å². The van der Waals surface area contributed by atoms with Crippen LogP contribution in [0.25, 0.3) is 0 Å². The van der Waals surface area contributed by atoms with E-state index in [-0.39, 0.29) is 13.0 Å². The van der Waals surface area contributed by atoms with Crippen LogP contribution < -0.4 is 5.32 Å². The van der Waals surface area contributed by atoms with Gasteiger partial charge in [0.2, 0.25) is 0 Å². The van der Waals surface area contributed by atoms with Crippen molar-refractivity contribution < 1.29 is 19.4 Å². The van der Waals surface area contributed by atoms with Crippen molar-refractivity contribution in [2.24, 2.45) is 0 Å². The molecule has 1 heterocycles. The van der Waals surface area contributed by atoms with Gasteiger partial charge in [0, 0.05) is 18.3 Å². The molecule has 1 atom stereocenters. The van der Waals surface area contributed by atoms with Gasteiger partial charge in [-0.15, -0.1) is 0 Å². The number of nitrogens with zero attached hydrogens (tertiary/aromatic N) is 2. The zero-order valence-electron chi connectivity index (χ0n) is 11.7. The van der Waals surface area contributed by atoms with E-state index in [4.69, 9.17) is 9.84 Å². The van der Waals surface area contributed by atoms with Crippen molar-refractivity contribution in [2.45, 2.75) is 19.1 Å². The molecular formula is C15H15N3O4. The molecule has 0 spiro atoms. The number of hydrogen-bond donors (Lipinski definition) is 2. The first kappa shape index (κ1) is 15.4. The van der Waals surface area contributed by atoms with Crippen LogP contribution in [-0.4, -0.2) is 33.2 Å². The third-order valence-electron chi connectivity index (χ3n) is 2.86. The van der Waals surface area contributed by atoms with Gasteiger partial charge in [-0.1, -0.05) is 30.3 Å². The Hall–Kier alpha value is -2.96. The molecular weight excluding hydrogens is 286 g/mol. The number of amides is 1. The van der Waals surface area contributed by atoms with Gasteiger partial charge in [0.05, 0.1) is 0 Å². The molecule has 0 bridgehead atoms. The fourth-order valence-corrected chi connectivity index (χ4v) is 1.76. The van der Waals surface area contributed by atoms with E-state index in [0.717, 1.165) is 5.56 Å². The number of hydrogen-bond acceptors (Lipinski definition) is 5. The number of alkyl carbamates (subject to hydrolysis) is 1. The van der Waals surface area contributed by atoms with Gasteiger partial charge in [0.1, 0.15) is 19.0 Å². The number of carbonyl (C=O) groups is 2. The molecule has 0 aliphatic carbocycles. The van der Waals surface area contributed by atoms with Gasteiger partial charge in [-0.05, 0) is 11.6 Å². The number of aliphatic carboxylic acids is 1. The summed E-state index contributed by atoms with van der Waals surface area (Å²) in [5, 5.41) is 11.5. The van der Waals surface area contributed by atoms with Crippen LogP contribution in [0.3, 0.4) is 0 Å². The van der Waals surface area contributed by atoms with E-state index in [1.165, 1.54) is 12.5 Å². The van der Waals surface area contributed by atoms with Crippen molar-refractivity contribution >= 4 is 12.1 Å². The zero-order chi connectivity index (χ0) is 15.8. The van der Waals surface area contributed by atoms with E-state index in [2.05, 4.69) is 15.3 Å². The highest BCUT2D eigenvalue weighted by Crippen LogP contribution is 2.02. The number of carbonyl (C=O) groups excluding carboxylic acids is 1. The quantitative estimate of drug-likeness (QED) is 0.836. The van der Waals surface area contributed by atoms with Crippen molar-refractivity contribution in [3.63, 3.8) is 0 Å². The Kier molecular flexibility index (Phi) is 5.42. The minimum atomic E-state index is -1.16. The topological polar surface area (TPSA) is 101 Å². The average Bonchev–Trinajstić information content (AvgIpc) is 2.54. The Morgan fingerprint density at radius 2 is 2.00 bits per heavy atom. The van der Waals surface area contributed by atoms with E-state index < -0.39 is 18.1 Å². The summed E-state index contributed by atoms with van der Waals surface area (Å²) >= 11 is 0. The largest absolute Gasteiger partial charge is 0.480 e. The molecule has 0 saturated carbocycles. The van der Waals surface area contributed by atoms with Crippen LogP contribution >= 0.6 is 0 Å². The third kappa shape index (κ3) is 4.86. The van der Waals surface area contributed by atoms with Gasteiger partial charge in [-0.3, -0.25) is 0 Å². The maximum absolute atomic E-state index is 11.7. The van der Waals surface area contributed by atoms with Gasteiger partial charge in [-0.25, -0.2) is 19.6 Å². The van der Waals surface area contributed by atoms with Gasteiger partial charge < -0.3 is 15.2 Å². The molecule has 7 heteroatoms. The number of aromatic nitrogens is 2. The molecule has 1 aromatic heterocycles. The van der Waals surface area contributed by atoms with Gasteiger partial charge in [0.15, 0.2) is 0 Å². The molecule has 0 unspecified atom stereocenters. The second kappa shape index (κ2) is 7.72. The lowest BCUT2D eigenvalue weighted by Gasteiger charge is -2.14. The monoisotopic (exact) mass is 301 g/mol. The minimum Gasteiger partial charge on any atom is -0.480 e. The van der Waals surface area contributed by atoms with Crippen LogP contribution in [0.5, 0.6) is 0 Å². The van der Waals surface area contributed by atoms with Crippen LogP contribution in [-0.2, 0) is 22.6 Å². The van der Waals surface area contributed by atoms with Crippen molar-refractivity contribution in [3.05, 3.63) is 60.2 Å². The van der Waals surface area contributed by atoms with E-state index in [1.54, 1.807) is 6.07 Å². The highest BCUT2D eigenvalue weighted by atomic mass is 16.5. The summed E-state index contributed by atoms with van der Waals surface area (Å²) in [5.41, 5.74) is 1.34. The highest BCUT2D eigenvalue weighted by molar-refractivity contribution is 5.80. The first-order valence-electron chi connectivity index (χ1n) is 6.60. The normalized spacial score (nSPS) is 11.5. The SMILES string of the molecule is O=C(N[C@H](Cc1ccncn1)C(=O)O)OCc1ccccc1. The first-order chi connectivity index (χ1) is 10.6. The number of rotatable bonds is 6. The Morgan fingerprint density at radius 1 is 1.23 bits per heavy atom. The minimum absolute atomic E-state index is 0.0539. The molecule has 0 fully saturated rings. The maximum Gasteiger partial charge on any atom is 0.408 e. The van der Waals surface area contributed by atoms with Crippen LogP contribution in [0, 0.1) is 0 Å². The fourth-order valence-electron chi connectivity index (χ4n) is 1.76. The van der Waals surface area contributed by atoms with E-state index in [9.17, 15) is 9.59 Å². The summed E-state index contributed by atoms with van der Waals surface area (Å²) in [6, 6.07) is 9.60. The Balaban J connectivity index is 1.88. The maximum atomic E-state index is 11.7. The predicted molar refractivity (Wildman–Crippen MR) is 76.9 cm³/mol. The molecule has 7 nitrogen and oxygen atoms in total. The molecule has 22 heavy (non-hydrogen) atoms. The average molecular weight is 301 g/mol. The van der Waals surface area contributed by atoms with Crippen molar-refractivity contribution in [3.8, 4) is 0 Å². The number of carboxylic acid groups (broad SMARTS) is 1. The lowest BCUT2D eigenvalue weighted by atomic mass is 10.1. The lowest BCUT2D eigenvalue weighted by Crippen LogP contribution is -2.42. The molecule has 2 N–H and O–H groups in total. The molecule has 2 aromatic rings. The number of nitrogens with one attached hydrogen (secondary N) is 1. The fraction of sp³-hybridized carbons (Fsp3) is 0.200. The number of benzene rings is 1. The van der Waals surface area contributed by atoms with E-state index in [1.807, 2.05) is 30.3 Å². The van der Waals surface area contributed by atoms with Crippen molar-refractivity contribution in [1.29, 1.82) is 0 Å². The van der Waals surface area contributed by atoms with Gasteiger partial charge in [-0.2, -0.15) is 0 Å². The zero-order valence-corrected chi connectivity index (χ0v) is 11.7. The molecule has 0 radical (unpaired) electrons. The molecule has 0 aliphatic heterocycles. The molecule has 0 saturated heterocycles. The van der Waals surface area contributed by atoms with Crippen LogP contribution in [0.1, 0.15) is 11.3 Å². The van der Waals surface area contributed by atoms with Crippen LogP contribution in [0.15, 0.2) is 48.9 Å². The summed E-state index contributed by atoms with van der Waals surface area (Å²) in [5.74, 6) is -1.16. The molecule has 114 valence electrons. The summed E-state index contributed by atoms with van der Waals surface area (Å²) in [6.07, 6.45) is 2.10.